The van der Waals surface area contributed by atoms with Crippen LogP contribution in [-0.4, -0.2) is 30.9 Å². The van der Waals surface area contributed by atoms with E-state index >= 15 is 0 Å². The molecule has 3 heterocycles. The molecule has 15 heavy (non-hydrogen) atoms. The summed E-state index contributed by atoms with van der Waals surface area (Å²) in [7, 11) is 0. The lowest BCUT2D eigenvalue weighted by Crippen LogP contribution is -2.29. The van der Waals surface area contributed by atoms with Gasteiger partial charge in [0.05, 0.1) is 19.4 Å². The molecule has 0 radical (unpaired) electrons. The van der Waals surface area contributed by atoms with Crippen molar-refractivity contribution in [1.29, 1.82) is 0 Å². The van der Waals surface area contributed by atoms with Crippen molar-refractivity contribution in [2.75, 3.05) is 6.54 Å². The van der Waals surface area contributed by atoms with Gasteiger partial charge in [0.15, 0.2) is 5.82 Å². The zero-order chi connectivity index (χ0) is 10.1. The molecule has 1 aliphatic heterocycles. The predicted molar refractivity (Wildman–Crippen MR) is 53.1 cm³/mol. The number of imidazole rings is 1. The van der Waals surface area contributed by atoms with Crippen molar-refractivity contribution in [2.45, 2.75) is 19.6 Å². The van der Waals surface area contributed by atoms with Crippen molar-refractivity contribution in [2.24, 2.45) is 0 Å². The second-order valence-corrected chi connectivity index (χ2v) is 3.60. The normalized spacial score (nSPS) is 15.2. The largest absolute Gasteiger partial charge is 0.330 e. The van der Waals surface area contributed by atoms with E-state index in [9.17, 15) is 0 Å². The zero-order valence-electron chi connectivity index (χ0n) is 8.30. The Labute approximate surface area is 87.0 Å². The first-order valence-corrected chi connectivity index (χ1v) is 5.01. The summed E-state index contributed by atoms with van der Waals surface area (Å²) >= 11 is 0. The Morgan fingerprint density at radius 2 is 2.40 bits per heavy atom. The van der Waals surface area contributed by atoms with E-state index in [2.05, 4.69) is 25.1 Å². The van der Waals surface area contributed by atoms with Crippen LogP contribution >= 0.6 is 0 Å². The van der Waals surface area contributed by atoms with Gasteiger partial charge >= 0.3 is 0 Å². The number of nitrogens with zero attached hydrogens (tertiary/aromatic N) is 5. The fourth-order valence-electron chi connectivity index (χ4n) is 1.81. The Kier molecular flexibility index (Phi) is 1.99. The van der Waals surface area contributed by atoms with E-state index in [1.165, 1.54) is 0 Å². The average Bonchev–Trinajstić information content (AvgIpc) is 2.89. The summed E-state index contributed by atoms with van der Waals surface area (Å²) < 4.78 is 4.18. The molecule has 0 amide bonds. The van der Waals surface area contributed by atoms with Crippen LogP contribution in [-0.2, 0) is 19.6 Å². The van der Waals surface area contributed by atoms with Crippen LogP contribution in [0, 0.1) is 0 Å². The Morgan fingerprint density at radius 3 is 3.27 bits per heavy atom. The molecule has 0 unspecified atom stereocenters. The van der Waals surface area contributed by atoms with Gasteiger partial charge in [-0.2, -0.15) is 0 Å². The van der Waals surface area contributed by atoms with Crippen molar-refractivity contribution in [3.05, 3.63) is 30.4 Å². The quantitative estimate of drug-likeness (QED) is 0.724. The molecule has 3 rings (SSSR count). The molecule has 0 spiro atoms. The minimum atomic E-state index is 0.743. The Bertz CT molecular complexity index is 443. The summed E-state index contributed by atoms with van der Waals surface area (Å²) in [6, 6.07) is 0. The molecular formula is C9H12N6. The third-order valence-electron chi connectivity index (χ3n) is 2.58. The number of fused-ring (bicyclic) bond motifs is 1. The lowest BCUT2D eigenvalue weighted by molar-refractivity contribution is 0.488. The molecule has 0 bridgehead atoms. The van der Waals surface area contributed by atoms with E-state index in [4.69, 9.17) is 0 Å². The molecule has 0 atom stereocenters. The van der Waals surface area contributed by atoms with Gasteiger partial charge in [-0.3, -0.25) is 0 Å². The summed E-state index contributed by atoms with van der Waals surface area (Å²) in [5.41, 5.74) is 0. The molecule has 78 valence electrons. The SMILES string of the molecule is c1cn(Cc2nnc3n2CCNC3)cn1. The van der Waals surface area contributed by atoms with Crippen molar-refractivity contribution < 1.29 is 0 Å². The molecule has 0 fully saturated rings. The smallest absolute Gasteiger partial charge is 0.153 e. The van der Waals surface area contributed by atoms with Gasteiger partial charge in [-0.25, -0.2) is 4.98 Å². The van der Waals surface area contributed by atoms with Crippen LogP contribution in [0.2, 0.25) is 0 Å². The number of hydrogen-bond acceptors (Lipinski definition) is 4. The van der Waals surface area contributed by atoms with E-state index in [0.29, 0.717) is 0 Å². The number of aromatic nitrogens is 5. The van der Waals surface area contributed by atoms with Gasteiger partial charge in [0.25, 0.3) is 0 Å². The minimum absolute atomic E-state index is 0.743. The van der Waals surface area contributed by atoms with Gasteiger partial charge in [0.2, 0.25) is 0 Å². The molecule has 0 saturated heterocycles. The standard InChI is InChI=1S/C9H12N6/c1-3-14(7-11-1)6-9-13-12-8-5-10-2-4-15(8)9/h1,3,7,10H,2,4-6H2. The molecule has 2 aromatic rings. The molecule has 6 heteroatoms. The summed E-state index contributed by atoms with van der Waals surface area (Å²) in [6.45, 7) is 3.50. The molecule has 0 aromatic carbocycles. The predicted octanol–water partition coefficient (Wildman–Crippen LogP) is -0.374. The average molecular weight is 204 g/mol. The number of hydrogen-bond donors (Lipinski definition) is 1. The molecule has 1 aliphatic rings. The van der Waals surface area contributed by atoms with E-state index in [1.54, 1.807) is 12.5 Å². The zero-order valence-corrected chi connectivity index (χ0v) is 8.30. The molecule has 1 N–H and O–H groups in total. The first-order valence-electron chi connectivity index (χ1n) is 5.01. The van der Waals surface area contributed by atoms with Crippen LogP contribution < -0.4 is 5.32 Å². The van der Waals surface area contributed by atoms with Crippen LogP contribution in [0.5, 0.6) is 0 Å². The summed E-state index contributed by atoms with van der Waals surface area (Å²) in [6.07, 6.45) is 5.50. The third kappa shape index (κ3) is 1.52. The van der Waals surface area contributed by atoms with Crippen molar-refractivity contribution in [3.63, 3.8) is 0 Å². The molecule has 0 aliphatic carbocycles. The Morgan fingerprint density at radius 1 is 1.40 bits per heavy atom. The highest BCUT2D eigenvalue weighted by molar-refractivity contribution is 4.99. The lowest BCUT2D eigenvalue weighted by Gasteiger charge is -2.15. The fraction of sp³-hybridized carbons (Fsp3) is 0.444. The second-order valence-electron chi connectivity index (χ2n) is 3.60. The van der Waals surface area contributed by atoms with Gasteiger partial charge in [0.1, 0.15) is 5.82 Å². The Balaban J connectivity index is 1.89. The van der Waals surface area contributed by atoms with Crippen LogP contribution in [0.1, 0.15) is 11.6 Å². The maximum Gasteiger partial charge on any atom is 0.153 e. The van der Waals surface area contributed by atoms with Gasteiger partial charge in [-0.1, -0.05) is 0 Å². The highest BCUT2D eigenvalue weighted by Gasteiger charge is 2.14. The van der Waals surface area contributed by atoms with Crippen LogP contribution in [0.3, 0.4) is 0 Å². The second kappa shape index (κ2) is 3.47. The van der Waals surface area contributed by atoms with E-state index in [1.807, 2.05) is 10.8 Å². The van der Waals surface area contributed by atoms with Crippen molar-refractivity contribution in [1.82, 2.24) is 29.6 Å². The molecular weight excluding hydrogens is 192 g/mol. The maximum atomic E-state index is 4.20. The third-order valence-corrected chi connectivity index (χ3v) is 2.58. The van der Waals surface area contributed by atoms with Crippen LogP contribution in [0.15, 0.2) is 18.7 Å². The lowest BCUT2D eigenvalue weighted by atomic mass is 10.4. The van der Waals surface area contributed by atoms with Gasteiger partial charge in [-0.05, 0) is 0 Å². The van der Waals surface area contributed by atoms with Crippen molar-refractivity contribution >= 4 is 0 Å². The molecule has 2 aromatic heterocycles. The highest BCUT2D eigenvalue weighted by atomic mass is 15.3. The van der Waals surface area contributed by atoms with Gasteiger partial charge < -0.3 is 14.5 Å². The monoisotopic (exact) mass is 204 g/mol. The number of nitrogens with one attached hydrogen (secondary N) is 1. The first kappa shape index (κ1) is 8.60. The first-order chi connectivity index (χ1) is 7.43. The minimum Gasteiger partial charge on any atom is -0.330 e. The fourth-order valence-corrected chi connectivity index (χ4v) is 1.81. The molecule has 0 saturated carbocycles. The van der Waals surface area contributed by atoms with Crippen LogP contribution in [0.25, 0.3) is 0 Å². The van der Waals surface area contributed by atoms with Crippen LogP contribution in [0.4, 0.5) is 0 Å². The van der Waals surface area contributed by atoms with E-state index in [-0.39, 0.29) is 0 Å². The summed E-state index contributed by atoms with van der Waals surface area (Å²) in [4.78, 5) is 4.01. The topological polar surface area (TPSA) is 60.6 Å². The summed E-state index contributed by atoms with van der Waals surface area (Å²) in [5.74, 6) is 2.03. The van der Waals surface area contributed by atoms with E-state index < -0.39 is 0 Å². The maximum absolute atomic E-state index is 4.20. The Hall–Kier alpha value is -1.69. The van der Waals surface area contributed by atoms with Gasteiger partial charge in [0, 0.05) is 25.5 Å². The van der Waals surface area contributed by atoms with E-state index in [0.717, 1.165) is 37.8 Å². The van der Waals surface area contributed by atoms with Crippen molar-refractivity contribution in [3.8, 4) is 0 Å². The molecule has 6 nitrogen and oxygen atoms in total. The van der Waals surface area contributed by atoms with Gasteiger partial charge in [-0.15, -0.1) is 10.2 Å². The number of rotatable bonds is 2. The summed E-state index contributed by atoms with van der Waals surface area (Å²) in [5, 5.41) is 11.6. The highest BCUT2D eigenvalue weighted by Crippen LogP contribution is 2.07.